The van der Waals surface area contributed by atoms with Gasteiger partial charge >= 0.3 is 6.18 Å². The summed E-state index contributed by atoms with van der Waals surface area (Å²) in [7, 11) is 0. The minimum atomic E-state index is -4.41. The number of hydrogen-bond acceptors (Lipinski definition) is 5. The number of nitrogens with zero attached hydrogens (tertiary/aromatic N) is 4. The quantitative estimate of drug-likeness (QED) is 0.692. The maximum Gasteiger partial charge on any atom is 0.417 e. The van der Waals surface area contributed by atoms with E-state index < -0.39 is 11.7 Å². The first kappa shape index (κ1) is 22.6. The van der Waals surface area contributed by atoms with Crippen LogP contribution < -0.4 is 4.90 Å². The van der Waals surface area contributed by atoms with Gasteiger partial charge in [-0.25, -0.2) is 4.98 Å². The van der Waals surface area contributed by atoms with Crippen molar-refractivity contribution in [3.8, 4) is 0 Å². The number of carbonyl (C=O) groups is 2. The number of hydrogen-bond donors (Lipinski definition) is 0. The molecule has 10 heteroatoms. The van der Waals surface area contributed by atoms with E-state index in [2.05, 4.69) is 4.98 Å². The van der Waals surface area contributed by atoms with Crippen molar-refractivity contribution < 1.29 is 22.8 Å². The van der Waals surface area contributed by atoms with Gasteiger partial charge in [0.2, 0.25) is 5.91 Å². The Kier molecular flexibility index (Phi) is 6.68. The van der Waals surface area contributed by atoms with Gasteiger partial charge in [-0.05, 0) is 42.8 Å². The van der Waals surface area contributed by atoms with Crippen molar-refractivity contribution >= 4 is 29.0 Å². The molecule has 172 valence electrons. The van der Waals surface area contributed by atoms with Gasteiger partial charge in [0, 0.05) is 45.5 Å². The summed E-state index contributed by atoms with van der Waals surface area (Å²) in [6, 6.07) is 6.07. The van der Waals surface area contributed by atoms with Crippen LogP contribution in [-0.2, 0) is 11.0 Å². The highest BCUT2D eigenvalue weighted by Crippen LogP contribution is 2.29. The normalized spacial score (nSPS) is 20.2. The molecular weight excluding hydrogens is 441 g/mol. The van der Waals surface area contributed by atoms with E-state index in [4.69, 9.17) is 0 Å². The third-order valence-electron chi connectivity index (χ3n) is 6.00. The molecular formula is C22H25F3N4O2S. The van der Waals surface area contributed by atoms with Gasteiger partial charge in [0.25, 0.3) is 5.91 Å². The van der Waals surface area contributed by atoms with E-state index in [1.807, 2.05) is 21.2 Å². The summed E-state index contributed by atoms with van der Waals surface area (Å²) in [4.78, 5) is 36.1. The number of amides is 2. The second kappa shape index (κ2) is 9.48. The molecule has 0 bridgehead atoms. The molecule has 2 fully saturated rings. The van der Waals surface area contributed by atoms with E-state index in [0.717, 1.165) is 25.1 Å². The Morgan fingerprint density at radius 3 is 2.50 bits per heavy atom. The van der Waals surface area contributed by atoms with Crippen LogP contribution >= 0.6 is 11.3 Å². The number of piperidine rings is 1. The second-order valence-corrected chi connectivity index (χ2v) is 9.08. The molecule has 2 aromatic rings. The van der Waals surface area contributed by atoms with Crippen molar-refractivity contribution in [3.63, 3.8) is 0 Å². The lowest BCUT2D eigenvalue weighted by molar-refractivity contribution is -0.138. The number of alkyl halides is 3. The standard InChI is InChI=1S/C22H25F3N4O2S/c23-22(24,25)17-6-7-19(26-14-17)27-9-3-10-28(12-11-27)20(30)16-4-1-8-29(15-16)21(31)18-5-2-13-32-18/h2,5-7,13-14,16H,1,3-4,8-12,15H2/t16-/m1/s1. The van der Waals surface area contributed by atoms with Crippen molar-refractivity contribution in [2.75, 3.05) is 44.2 Å². The van der Waals surface area contributed by atoms with Crippen molar-refractivity contribution in [3.05, 3.63) is 46.3 Å². The summed E-state index contributed by atoms with van der Waals surface area (Å²) in [5.41, 5.74) is -0.771. The summed E-state index contributed by atoms with van der Waals surface area (Å²) in [6.45, 7) is 3.29. The van der Waals surface area contributed by atoms with Gasteiger partial charge in [-0.15, -0.1) is 11.3 Å². The van der Waals surface area contributed by atoms with Crippen LogP contribution in [0.1, 0.15) is 34.5 Å². The second-order valence-electron chi connectivity index (χ2n) is 8.14. The van der Waals surface area contributed by atoms with Gasteiger partial charge in [-0.1, -0.05) is 6.07 Å². The largest absolute Gasteiger partial charge is 0.417 e. The van der Waals surface area contributed by atoms with Crippen molar-refractivity contribution in [2.24, 2.45) is 5.92 Å². The third-order valence-corrected chi connectivity index (χ3v) is 6.85. The molecule has 1 atom stereocenters. The number of rotatable bonds is 3. The van der Waals surface area contributed by atoms with Crippen LogP contribution in [0.15, 0.2) is 35.8 Å². The molecule has 0 N–H and O–H groups in total. The first-order valence-electron chi connectivity index (χ1n) is 10.7. The van der Waals surface area contributed by atoms with Crippen LogP contribution in [0.5, 0.6) is 0 Å². The van der Waals surface area contributed by atoms with Crippen LogP contribution in [0.25, 0.3) is 0 Å². The maximum absolute atomic E-state index is 13.2. The molecule has 0 spiro atoms. The van der Waals surface area contributed by atoms with Gasteiger partial charge < -0.3 is 14.7 Å². The van der Waals surface area contributed by atoms with E-state index in [1.54, 1.807) is 11.0 Å². The highest BCUT2D eigenvalue weighted by Gasteiger charge is 2.33. The lowest BCUT2D eigenvalue weighted by Crippen LogP contribution is -2.47. The highest BCUT2D eigenvalue weighted by atomic mass is 32.1. The number of anilines is 1. The fourth-order valence-corrected chi connectivity index (χ4v) is 4.98. The molecule has 4 rings (SSSR count). The number of thiophene rings is 1. The average Bonchev–Trinajstić information content (AvgIpc) is 3.22. The summed E-state index contributed by atoms with van der Waals surface area (Å²) >= 11 is 1.41. The number of likely N-dealkylation sites (tertiary alicyclic amines) is 1. The summed E-state index contributed by atoms with van der Waals surface area (Å²) in [6.07, 6.45) is -1.30. The molecule has 2 aliphatic heterocycles. The predicted octanol–water partition coefficient (Wildman–Crippen LogP) is 3.75. The van der Waals surface area contributed by atoms with Crippen LogP contribution in [0.4, 0.5) is 19.0 Å². The van der Waals surface area contributed by atoms with E-state index >= 15 is 0 Å². The highest BCUT2D eigenvalue weighted by molar-refractivity contribution is 7.12. The number of aromatic nitrogens is 1. The molecule has 2 aromatic heterocycles. The molecule has 6 nitrogen and oxygen atoms in total. The molecule has 0 unspecified atom stereocenters. The third kappa shape index (κ3) is 5.06. The zero-order valence-corrected chi connectivity index (χ0v) is 18.4. The van der Waals surface area contributed by atoms with E-state index in [-0.39, 0.29) is 17.7 Å². The Morgan fingerprint density at radius 2 is 1.81 bits per heavy atom. The van der Waals surface area contributed by atoms with E-state index in [0.29, 0.717) is 56.4 Å². The average molecular weight is 467 g/mol. The first-order valence-corrected chi connectivity index (χ1v) is 11.6. The number of carbonyl (C=O) groups excluding carboxylic acids is 2. The minimum absolute atomic E-state index is 0.0204. The Hall–Kier alpha value is -2.62. The zero-order valence-electron chi connectivity index (χ0n) is 17.6. The zero-order chi connectivity index (χ0) is 22.7. The molecule has 0 saturated carbocycles. The molecule has 4 heterocycles. The maximum atomic E-state index is 13.2. The Bertz CT molecular complexity index is 934. The summed E-state index contributed by atoms with van der Waals surface area (Å²) < 4.78 is 38.3. The van der Waals surface area contributed by atoms with Crippen LogP contribution in [0.2, 0.25) is 0 Å². The number of halogens is 3. The fourth-order valence-electron chi connectivity index (χ4n) is 4.29. The summed E-state index contributed by atoms with van der Waals surface area (Å²) in [5.74, 6) is 0.296. The Labute approximate surface area is 188 Å². The van der Waals surface area contributed by atoms with E-state index in [9.17, 15) is 22.8 Å². The Morgan fingerprint density at radius 1 is 1.00 bits per heavy atom. The lowest BCUT2D eigenvalue weighted by Gasteiger charge is -2.34. The molecule has 2 aliphatic rings. The molecule has 2 amide bonds. The van der Waals surface area contributed by atoms with Crippen molar-refractivity contribution in [2.45, 2.75) is 25.4 Å². The van der Waals surface area contributed by atoms with Crippen molar-refractivity contribution in [1.29, 1.82) is 0 Å². The molecule has 2 saturated heterocycles. The Balaban J connectivity index is 1.35. The molecule has 0 aromatic carbocycles. The number of pyridine rings is 1. The molecule has 0 radical (unpaired) electrons. The van der Waals surface area contributed by atoms with Crippen molar-refractivity contribution in [1.82, 2.24) is 14.8 Å². The van der Waals surface area contributed by atoms with Gasteiger partial charge in [-0.3, -0.25) is 9.59 Å². The molecule has 0 aliphatic carbocycles. The minimum Gasteiger partial charge on any atom is -0.355 e. The first-order chi connectivity index (χ1) is 15.3. The molecule has 32 heavy (non-hydrogen) atoms. The van der Waals surface area contributed by atoms with Crippen LogP contribution in [0.3, 0.4) is 0 Å². The van der Waals surface area contributed by atoms with Gasteiger partial charge in [0.1, 0.15) is 5.82 Å². The fraction of sp³-hybridized carbons (Fsp3) is 0.500. The van der Waals surface area contributed by atoms with Gasteiger partial charge in [0.05, 0.1) is 16.4 Å². The summed E-state index contributed by atoms with van der Waals surface area (Å²) in [5, 5.41) is 1.87. The topological polar surface area (TPSA) is 56.8 Å². The van der Waals surface area contributed by atoms with E-state index in [1.165, 1.54) is 17.4 Å². The van der Waals surface area contributed by atoms with Crippen LogP contribution in [-0.4, -0.2) is 65.9 Å². The predicted molar refractivity (Wildman–Crippen MR) is 116 cm³/mol. The SMILES string of the molecule is O=C(c1cccs1)N1CCC[C@@H](C(=O)N2CCCN(c3ccc(C(F)(F)F)cn3)CC2)C1. The lowest BCUT2D eigenvalue weighted by atomic mass is 9.96. The van der Waals surface area contributed by atoms with Gasteiger partial charge in [0.15, 0.2) is 0 Å². The van der Waals surface area contributed by atoms with Crippen LogP contribution in [0, 0.1) is 5.92 Å². The smallest absolute Gasteiger partial charge is 0.355 e. The monoisotopic (exact) mass is 466 g/mol. The van der Waals surface area contributed by atoms with Gasteiger partial charge in [-0.2, -0.15) is 13.2 Å².